The predicted molar refractivity (Wildman–Crippen MR) is 107 cm³/mol. The van der Waals surface area contributed by atoms with Crippen LogP contribution in [0.4, 0.5) is 14.5 Å². The van der Waals surface area contributed by atoms with Gasteiger partial charge in [-0.05, 0) is 55.2 Å². The molecule has 5 nitrogen and oxygen atoms in total. The third-order valence-electron chi connectivity index (χ3n) is 4.67. The summed E-state index contributed by atoms with van der Waals surface area (Å²) in [5.74, 6) is -0.329. The average molecular weight is 423 g/mol. The number of hydrogen-bond donors (Lipinski definition) is 1. The van der Waals surface area contributed by atoms with Crippen LogP contribution in [0.5, 0.6) is 5.75 Å². The van der Waals surface area contributed by atoms with Gasteiger partial charge in [0.15, 0.2) is 0 Å². The number of benzene rings is 2. The zero-order chi connectivity index (χ0) is 20.8. The molecule has 1 fully saturated rings. The molecule has 2 aromatic rings. The molecular formula is C21H21ClF2N2O3. The number of nitrogens with zero attached hydrogens (tertiary/aromatic N) is 1. The minimum Gasteiger partial charge on any atom is -0.435 e. The number of likely N-dealkylation sites (tertiary alicyclic amines) is 1. The van der Waals surface area contributed by atoms with Gasteiger partial charge in [-0.3, -0.25) is 9.59 Å². The maximum Gasteiger partial charge on any atom is 0.387 e. The van der Waals surface area contributed by atoms with Gasteiger partial charge in [-0.1, -0.05) is 23.7 Å². The number of anilines is 1. The van der Waals surface area contributed by atoms with E-state index in [2.05, 4.69) is 10.1 Å². The fraction of sp³-hybridized carbons (Fsp3) is 0.333. The molecule has 1 N–H and O–H groups in total. The number of amides is 2. The largest absolute Gasteiger partial charge is 0.435 e. The molecule has 0 aromatic heterocycles. The third-order valence-corrected chi connectivity index (χ3v) is 4.90. The zero-order valence-corrected chi connectivity index (χ0v) is 16.4. The number of hydrogen-bond acceptors (Lipinski definition) is 3. The number of aryl methyl sites for hydroxylation is 1. The van der Waals surface area contributed by atoms with Crippen LogP contribution in [0.15, 0.2) is 42.5 Å². The lowest BCUT2D eigenvalue weighted by molar-refractivity contribution is -0.116. The van der Waals surface area contributed by atoms with E-state index in [0.717, 1.165) is 18.4 Å². The summed E-state index contributed by atoms with van der Waals surface area (Å²) in [6.45, 7) is -1.47. The van der Waals surface area contributed by atoms with Gasteiger partial charge >= 0.3 is 6.61 Å². The molecule has 0 unspecified atom stereocenters. The highest BCUT2D eigenvalue weighted by Gasteiger charge is 2.23. The first-order valence-corrected chi connectivity index (χ1v) is 9.72. The van der Waals surface area contributed by atoms with E-state index in [1.165, 1.54) is 12.1 Å². The second-order valence-electron chi connectivity index (χ2n) is 6.76. The van der Waals surface area contributed by atoms with Crippen LogP contribution in [0.25, 0.3) is 0 Å². The van der Waals surface area contributed by atoms with Gasteiger partial charge in [-0.25, -0.2) is 0 Å². The van der Waals surface area contributed by atoms with E-state index in [0.29, 0.717) is 35.8 Å². The average Bonchev–Trinajstić information content (AvgIpc) is 3.23. The second kappa shape index (κ2) is 9.69. The third kappa shape index (κ3) is 5.90. The molecule has 154 valence electrons. The van der Waals surface area contributed by atoms with Crippen molar-refractivity contribution in [3.8, 4) is 5.75 Å². The summed E-state index contributed by atoms with van der Waals surface area (Å²) in [7, 11) is 0. The van der Waals surface area contributed by atoms with E-state index >= 15 is 0 Å². The van der Waals surface area contributed by atoms with Crippen molar-refractivity contribution in [3.05, 3.63) is 58.6 Å². The minimum atomic E-state index is -2.87. The Balaban J connectivity index is 1.61. The first-order chi connectivity index (χ1) is 13.9. The zero-order valence-electron chi connectivity index (χ0n) is 15.7. The second-order valence-corrected chi connectivity index (χ2v) is 7.20. The Morgan fingerprint density at radius 3 is 2.45 bits per heavy atom. The van der Waals surface area contributed by atoms with Crippen LogP contribution in [0.1, 0.15) is 35.2 Å². The highest BCUT2D eigenvalue weighted by molar-refractivity contribution is 6.31. The molecular weight excluding hydrogens is 402 g/mol. The molecule has 0 spiro atoms. The van der Waals surface area contributed by atoms with Gasteiger partial charge in [0.1, 0.15) is 5.75 Å². The van der Waals surface area contributed by atoms with E-state index in [-0.39, 0.29) is 24.0 Å². The number of nitrogens with one attached hydrogen (secondary N) is 1. The van der Waals surface area contributed by atoms with Crippen molar-refractivity contribution >= 4 is 29.1 Å². The Morgan fingerprint density at radius 1 is 1.10 bits per heavy atom. The number of carbonyl (C=O) groups excluding carboxylic acids is 2. The summed E-state index contributed by atoms with van der Waals surface area (Å²) < 4.78 is 28.7. The maximum absolute atomic E-state index is 12.7. The molecule has 2 amide bonds. The van der Waals surface area contributed by atoms with Crippen molar-refractivity contribution < 1.29 is 23.1 Å². The molecule has 1 saturated heterocycles. The molecule has 0 atom stereocenters. The predicted octanol–water partition coefficient (Wildman–Crippen LogP) is 4.75. The topological polar surface area (TPSA) is 58.6 Å². The van der Waals surface area contributed by atoms with Gasteiger partial charge < -0.3 is 15.0 Å². The van der Waals surface area contributed by atoms with Gasteiger partial charge in [0.2, 0.25) is 5.91 Å². The molecule has 0 bridgehead atoms. The van der Waals surface area contributed by atoms with E-state index in [1.54, 1.807) is 35.2 Å². The Labute approximate surface area is 172 Å². The number of ether oxygens (including phenoxy) is 1. The smallest absolute Gasteiger partial charge is 0.387 e. The van der Waals surface area contributed by atoms with E-state index in [9.17, 15) is 18.4 Å². The Hall–Kier alpha value is -2.67. The summed E-state index contributed by atoms with van der Waals surface area (Å²) in [6.07, 6.45) is 2.53. The molecule has 0 aliphatic carbocycles. The molecule has 8 heteroatoms. The summed E-state index contributed by atoms with van der Waals surface area (Å²) >= 11 is 6.05. The summed E-state index contributed by atoms with van der Waals surface area (Å²) in [5.41, 5.74) is 1.62. The van der Waals surface area contributed by atoms with Gasteiger partial charge in [0.25, 0.3) is 5.91 Å². The summed E-state index contributed by atoms with van der Waals surface area (Å²) in [6, 6.07) is 11.0. The van der Waals surface area contributed by atoms with Gasteiger partial charge in [0, 0.05) is 24.5 Å². The van der Waals surface area contributed by atoms with Gasteiger partial charge in [-0.2, -0.15) is 8.78 Å². The fourth-order valence-corrected chi connectivity index (χ4v) is 3.37. The SMILES string of the molecule is O=C(CCc1ccc(OC(F)F)cc1)Nc1ccc(Cl)cc1C(=O)N1CCCC1. The Bertz CT molecular complexity index is 869. The van der Waals surface area contributed by atoms with Crippen LogP contribution in [0, 0.1) is 0 Å². The van der Waals surface area contributed by atoms with Crippen LogP contribution < -0.4 is 10.1 Å². The number of alkyl halides is 2. The van der Waals surface area contributed by atoms with Crippen molar-refractivity contribution in [2.75, 3.05) is 18.4 Å². The van der Waals surface area contributed by atoms with Crippen LogP contribution in [-0.2, 0) is 11.2 Å². The molecule has 29 heavy (non-hydrogen) atoms. The van der Waals surface area contributed by atoms with E-state index in [4.69, 9.17) is 11.6 Å². The summed E-state index contributed by atoms with van der Waals surface area (Å²) in [4.78, 5) is 26.9. The molecule has 1 heterocycles. The van der Waals surface area contributed by atoms with Crippen molar-refractivity contribution in [1.29, 1.82) is 0 Å². The lowest BCUT2D eigenvalue weighted by atomic mass is 10.1. The van der Waals surface area contributed by atoms with Crippen molar-refractivity contribution in [2.24, 2.45) is 0 Å². The lowest BCUT2D eigenvalue weighted by Gasteiger charge is -2.18. The molecule has 0 saturated carbocycles. The normalized spacial score (nSPS) is 13.6. The molecule has 1 aliphatic rings. The molecule has 2 aromatic carbocycles. The maximum atomic E-state index is 12.7. The minimum absolute atomic E-state index is 0.0689. The van der Waals surface area contributed by atoms with Crippen molar-refractivity contribution in [1.82, 2.24) is 4.90 Å². The first-order valence-electron chi connectivity index (χ1n) is 9.35. The van der Waals surface area contributed by atoms with Crippen LogP contribution >= 0.6 is 11.6 Å². The number of rotatable bonds is 7. The highest BCUT2D eigenvalue weighted by Crippen LogP contribution is 2.24. The molecule has 1 aliphatic heterocycles. The number of halogens is 3. The molecule has 3 rings (SSSR count). The van der Waals surface area contributed by atoms with Crippen LogP contribution in [-0.4, -0.2) is 36.4 Å². The van der Waals surface area contributed by atoms with Crippen LogP contribution in [0.2, 0.25) is 5.02 Å². The van der Waals surface area contributed by atoms with Gasteiger partial charge in [0.05, 0.1) is 11.3 Å². The van der Waals surface area contributed by atoms with Crippen LogP contribution in [0.3, 0.4) is 0 Å². The Morgan fingerprint density at radius 2 is 1.79 bits per heavy atom. The van der Waals surface area contributed by atoms with Crippen molar-refractivity contribution in [3.63, 3.8) is 0 Å². The standard InChI is InChI=1S/C21H21ClF2N2O3/c22-15-6-9-18(17(13-15)20(28)26-11-1-2-12-26)25-19(27)10-5-14-3-7-16(8-4-14)29-21(23)24/h3-4,6-9,13,21H,1-2,5,10-12H2,(H,25,27). The van der Waals surface area contributed by atoms with Crippen molar-refractivity contribution in [2.45, 2.75) is 32.3 Å². The quantitative estimate of drug-likeness (QED) is 0.700. The van der Waals surface area contributed by atoms with Gasteiger partial charge in [-0.15, -0.1) is 0 Å². The van der Waals surface area contributed by atoms with E-state index in [1.807, 2.05) is 0 Å². The monoisotopic (exact) mass is 422 g/mol. The lowest BCUT2D eigenvalue weighted by Crippen LogP contribution is -2.29. The summed E-state index contributed by atoms with van der Waals surface area (Å²) in [5, 5.41) is 3.21. The Kier molecular flexibility index (Phi) is 7.04. The fourth-order valence-electron chi connectivity index (χ4n) is 3.20. The molecule has 0 radical (unpaired) electrons. The highest BCUT2D eigenvalue weighted by atomic mass is 35.5. The van der Waals surface area contributed by atoms with E-state index < -0.39 is 6.61 Å². The number of carbonyl (C=O) groups is 2. The first kappa shape index (κ1) is 21.0.